The zero-order valence-corrected chi connectivity index (χ0v) is 20.0. The van der Waals surface area contributed by atoms with E-state index in [1.807, 2.05) is 13.0 Å². The highest BCUT2D eigenvalue weighted by atomic mass is 32.2. The number of carbonyl (C=O) groups is 1. The van der Waals surface area contributed by atoms with E-state index in [0.717, 1.165) is 5.56 Å². The molecule has 1 saturated heterocycles. The van der Waals surface area contributed by atoms with Gasteiger partial charge in [-0.2, -0.15) is 8.42 Å². The standard InChI is InChI=1S/C24H23N5O6S/c1-15-7-9-17(10-8-15)36(32,33)34-12-19-18(30)11-20(35-19)29-14-27-21-22(25-13-26-23(21)29)28-24(31)16-5-3-2-4-6-16/h2-10,13-14,18-20,30H,11-12H2,1H3,(H,25,26,28,31)/t18?,19-,20-/m1/s1. The summed E-state index contributed by atoms with van der Waals surface area (Å²) in [5, 5.41) is 13.2. The van der Waals surface area contributed by atoms with Crippen LogP contribution in [0.4, 0.5) is 5.82 Å². The van der Waals surface area contributed by atoms with E-state index in [1.54, 1.807) is 41.0 Å². The summed E-state index contributed by atoms with van der Waals surface area (Å²) in [5.41, 5.74) is 2.13. The number of hydrogen-bond acceptors (Lipinski definition) is 9. The number of rotatable bonds is 7. The Kier molecular flexibility index (Phi) is 6.49. The Labute approximate surface area is 206 Å². The molecular weight excluding hydrogens is 486 g/mol. The largest absolute Gasteiger partial charge is 0.390 e. The molecule has 1 aliphatic rings. The number of aromatic nitrogens is 4. The summed E-state index contributed by atoms with van der Waals surface area (Å²) in [4.78, 5) is 25.3. The number of carbonyl (C=O) groups excluding carboxylic acids is 1. The summed E-state index contributed by atoms with van der Waals surface area (Å²) in [6, 6.07) is 15.0. The first-order valence-corrected chi connectivity index (χ1v) is 12.6. The maximum atomic E-state index is 12.6. The van der Waals surface area contributed by atoms with Crippen molar-refractivity contribution in [3.05, 3.63) is 78.4 Å². The number of anilines is 1. The second-order valence-electron chi connectivity index (χ2n) is 8.35. The van der Waals surface area contributed by atoms with Crippen molar-refractivity contribution in [1.82, 2.24) is 19.5 Å². The number of amides is 1. The SMILES string of the molecule is Cc1ccc(S(=O)(=O)OC[C@H]2O[C@@H](n3cnc4c(NC(=O)c5ccccc5)ncnc43)CC2O)cc1. The minimum atomic E-state index is -4.01. The first-order chi connectivity index (χ1) is 17.3. The van der Waals surface area contributed by atoms with Crippen LogP contribution in [0.25, 0.3) is 11.2 Å². The van der Waals surface area contributed by atoms with Gasteiger partial charge in [0, 0.05) is 12.0 Å². The highest BCUT2D eigenvalue weighted by Crippen LogP contribution is 2.32. The molecule has 5 rings (SSSR count). The average Bonchev–Trinajstić information content (AvgIpc) is 3.47. The number of fused-ring (bicyclic) bond motifs is 1. The molecule has 2 aromatic heterocycles. The molecule has 3 atom stereocenters. The lowest BCUT2D eigenvalue weighted by Gasteiger charge is -2.16. The molecule has 11 nitrogen and oxygen atoms in total. The molecule has 0 saturated carbocycles. The number of aliphatic hydroxyl groups excluding tert-OH is 1. The van der Waals surface area contributed by atoms with Crippen LogP contribution in [0.1, 0.15) is 28.6 Å². The highest BCUT2D eigenvalue weighted by molar-refractivity contribution is 7.86. The maximum absolute atomic E-state index is 12.6. The predicted molar refractivity (Wildman–Crippen MR) is 129 cm³/mol. The zero-order chi connectivity index (χ0) is 25.3. The van der Waals surface area contributed by atoms with Crippen molar-refractivity contribution in [3.63, 3.8) is 0 Å². The Morgan fingerprint density at radius 1 is 1.14 bits per heavy atom. The van der Waals surface area contributed by atoms with Gasteiger partial charge >= 0.3 is 0 Å². The molecule has 3 heterocycles. The summed E-state index contributed by atoms with van der Waals surface area (Å²) < 4.78 is 37.7. The Morgan fingerprint density at radius 3 is 2.64 bits per heavy atom. The molecule has 1 unspecified atom stereocenters. The highest BCUT2D eigenvalue weighted by Gasteiger charge is 2.37. The van der Waals surface area contributed by atoms with Crippen molar-refractivity contribution < 1.29 is 27.2 Å². The van der Waals surface area contributed by atoms with E-state index in [1.165, 1.54) is 24.8 Å². The summed E-state index contributed by atoms with van der Waals surface area (Å²) in [6.45, 7) is 1.50. The van der Waals surface area contributed by atoms with Gasteiger partial charge in [-0.05, 0) is 31.2 Å². The van der Waals surface area contributed by atoms with E-state index in [9.17, 15) is 18.3 Å². The Balaban J connectivity index is 1.29. The number of imidazole rings is 1. The van der Waals surface area contributed by atoms with E-state index in [-0.39, 0.29) is 29.6 Å². The third-order valence-electron chi connectivity index (χ3n) is 5.84. The van der Waals surface area contributed by atoms with Gasteiger partial charge in [-0.1, -0.05) is 35.9 Å². The van der Waals surface area contributed by atoms with Crippen LogP contribution in [0.15, 0.2) is 72.1 Å². The van der Waals surface area contributed by atoms with Crippen molar-refractivity contribution in [2.75, 3.05) is 11.9 Å². The fourth-order valence-electron chi connectivity index (χ4n) is 3.89. The van der Waals surface area contributed by atoms with Crippen LogP contribution in [-0.4, -0.2) is 57.8 Å². The molecule has 12 heteroatoms. The van der Waals surface area contributed by atoms with Crippen LogP contribution in [0.3, 0.4) is 0 Å². The molecule has 4 aromatic rings. The van der Waals surface area contributed by atoms with E-state index in [2.05, 4.69) is 20.3 Å². The number of aliphatic hydroxyl groups is 1. The van der Waals surface area contributed by atoms with Crippen molar-refractivity contribution in [1.29, 1.82) is 0 Å². The summed E-state index contributed by atoms with van der Waals surface area (Å²) in [5.74, 6) is -0.111. The third-order valence-corrected chi connectivity index (χ3v) is 7.13. The molecule has 2 aromatic carbocycles. The third kappa shape index (κ3) is 4.84. The topological polar surface area (TPSA) is 146 Å². The van der Waals surface area contributed by atoms with Gasteiger partial charge in [-0.25, -0.2) is 15.0 Å². The quantitative estimate of drug-likeness (QED) is 0.359. The molecule has 0 aliphatic carbocycles. The van der Waals surface area contributed by atoms with Gasteiger partial charge in [0.1, 0.15) is 18.7 Å². The van der Waals surface area contributed by atoms with E-state index in [4.69, 9.17) is 8.92 Å². The fourth-order valence-corrected chi connectivity index (χ4v) is 4.81. The first-order valence-electron chi connectivity index (χ1n) is 11.2. The van der Waals surface area contributed by atoms with Crippen LogP contribution < -0.4 is 5.32 Å². The molecule has 2 N–H and O–H groups in total. The number of nitrogens with one attached hydrogen (secondary N) is 1. The van der Waals surface area contributed by atoms with Crippen LogP contribution in [0.5, 0.6) is 0 Å². The Bertz CT molecular complexity index is 1490. The minimum Gasteiger partial charge on any atom is -0.390 e. The number of ether oxygens (including phenoxy) is 1. The molecule has 1 amide bonds. The van der Waals surface area contributed by atoms with Crippen LogP contribution in [-0.2, 0) is 19.0 Å². The van der Waals surface area contributed by atoms with Gasteiger partial charge in [0.25, 0.3) is 16.0 Å². The average molecular weight is 510 g/mol. The van der Waals surface area contributed by atoms with E-state index in [0.29, 0.717) is 16.7 Å². The van der Waals surface area contributed by atoms with Crippen molar-refractivity contribution in [3.8, 4) is 0 Å². The first kappa shape index (κ1) is 24.0. The molecule has 0 radical (unpaired) electrons. The summed E-state index contributed by atoms with van der Waals surface area (Å²) in [7, 11) is -4.01. The fraction of sp³-hybridized carbons (Fsp3) is 0.250. The maximum Gasteiger partial charge on any atom is 0.297 e. The summed E-state index contributed by atoms with van der Waals surface area (Å²) in [6.07, 6.45) is 0.405. The van der Waals surface area contributed by atoms with Crippen molar-refractivity contribution in [2.24, 2.45) is 0 Å². The lowest BCUT2D eigenvalue weighted by Crippen LogP contribution is -2.28. The van der Waals surface area contributed by atoms with Crippen molar-refractivity contribution in [2.45, 2.75) is 36.7 Å². The van der Waals surface area contributed by atoms with Gasteiger partial charge in [-0.15, -0.1) is 0 Å². The van der Waals surface area contributed by atoms with Gasteiger partial charge < -0.3 is 15.2 Å². The predicted octanol–water partition coefficient (Wildman–Crippen LogP) is 2.44. The van der Waals surface area contributed by atoms with Crippen LogP contribution >= 0.6 is 0 Å². The van der Waals surface area contributed by atoms with Gasteiger partial charge in [0.2, 0.25) is 0 Å². The molecule has 1 aliphatic heterocycles. The Morgan fingerprint density at radius 2 is 1.89 bits per heavy atom. The van der Waals surface area contributed by atoms with E-state index < -0.39 is 28.6 Å². The normalized spacial score (nSPS) is 20.0. The molecule has 0 bridgehead atoms. The van der Waals surface area contributed by atoms with Gasteiger partial charge in [-0.3, -0.25) is 13.5 Å². The monoisotopic (exact) mass is 509 g/mol. The number of aryl methyl sites for hydroxylation is 1. The number of nitrogens with zero attached hydrogens (tertiary/aromatic N) is 4. The number of hydrogen-bond donors (Lipinski definition) is 2. The zero-order valence-electron chi connectivity index (χ0n) is 19.2. The Hall–Kier alpha value is -3.71. The van der Waals surface area contributed by atoms with E-state index >= 15 is 0 Å². The summed E-state index contributed by atoms with van der Waals surface area (Å²) >= 11 is 0. The second kappa shape index (κ2) is 9.74. The van der Waals surface area contributed by atoms with Crippen LogP contribution in [0.2, 0.25) is 0 Å². The van der Waals surface area contributed by atoms with Gasteiger partial charge in [0.15, 0.2) is 17.0 Å². The van der Waals surface area contributed by atoms with Gasteiger partial charge in [0.05, 0.1) is 23.9 Å². The van der Waals surface area contributed by atoms with Crippen LogP contribution in [0, 0.1) is 6.92 Å². The second-order valence-corrected chi connectivity index (χ2v) is 9.97. The lowest BCUT2D eigenvalue weighted by molar-refractivity contribution is -0.0371. The molecule has 1 fully saturated rings. The molecule has 186 valence electrons. The molecular formula is C24H23N5O6S. The minimum absolute atomic E-state index is 0.0273. The molecule has 36 heavy (non-hydrogen) atoms. The smallest absolute Gasteiger partial charge is 0.297 e. The number of benzene rings is 2. The molecule has 0 spiro atoms. The lowest BCUT2D eigenvalue weighted by atomic mass is 10.2. The van der Waals surface area contributed by atoms with Crippen molar-refractivity contribution >= 4 is 33.0 Å².